The number of ketones is 1. The predicted octanol–water partition coefficient (Wildman–Crippen LogP) is 3.85. The van der Waals surface area contributed by atoms with Gasteiger partial charge in [-0.15, -0.1) is 0 Å². The molecule has 0 atom stereocenters. The largest absolute Gasteiger partial charge is 0.433 e. The van der Waals surface area contributed by atoms with Gasteiger partial charge in [-0.25, -0.2) is 27.2 Å². The lowest BCUT2D eigenvalue weighted by Crippen LogP contribution is -2.22. The Kier molecular flexibility index (Phi) is 7.28. The summed E-state index contributed by atoms with van der Waals surface area (Å²) in [6.45, 7) is 3.18. The second-order valence-corrected chi connectivity index (χ2v) is 8.39. The number of nitrogens with zero attached hydrogens (tertiary/aromatic N) is 3. The van der Waals surface area contributed by atoms with Crippen molar-refractivity contribution in [2.24, 2.45) is 0 Å². The number of hydrogen-bond acceptors (Lipinski definition) is 6. The van der Waals surface area contributed by atoms with Crippen LogP contribution in [0, 0.1) is 11.6 Å². The van der Waals surface area contributed by atoms with Crippen LogP contribution in [-0.2, 0) is 11.3 Å². The number of aromatic amines is 1. The standard InChI is InChI=1S/C27H21F4N5O3/c1-2-4-20-15(7-8-38-14-23(30)31)9-21(35-20)25(37)17-12-34-36-22-13-32-24(10-16(22)11-33-27(17)36)39-26-18(28)5-3-6-19(26)29/h2-7,9-10,12-13,23,33,35H,1,8,11,14H2/b15-7-,20-4+. The number of rotatable bonds is 9. The number of H-pyrrole nitrogens is 1. The Morgan fingerprint density at radius 3 is 2.74 bits per heavy atom. The summed E-state index contributed by atoms with van der Waals surface area (Å²) in [6.07, 6.45) is 5.04. The van der Waals surface area contributed by atoms with Gasteiger partial charge >= 0.3 is 0 Å². The molecule has 1 aliphatic heterocycles. The zero-order valence-electron chi connectivity index (χ0n) is 20.3. The zero-order chi connectivity index (χ0) is 27.5. The van der Waals surface area contributed by atoms with Crippen molar-refractivity contribution in [1.29, 1.82) is 0 Å². The fraction of sp³-hybridized carbons (Fsp3) is 0.148. The molecule has 0 saturated carbocycles. The quantitative estimate of drug-likeness (QED) is 0.191. The maximum atomic E-state index is 14.0. The smallest absolute Gasteiger partial charge is 0.261 e. The summed E-state index contributed by atoms with van der Waals surface area (Å²) < 4.78 is 64.4. The maximum Gasteiger partial charge on any atom is 0.261 e. The molecule has 4 aromatic rings. The first-order valence-electron chi connectivity index (χ1n) is 11.7. The van der Waals surface area contributed by atoms with Gasteiger partial charge in [0.2, 0.25) is 17.4 Å². The molecule has 0 amide bonds. The number of carbonyl (C=O) groups excluding carboxylic acids is 1. The van der Waals surface area contributed by atoms with E-state index in [-0.39, 0.29) is 36.1 Å². The molecular formula is C27H21F4N5O3. The van der Waals surface area contributed by atoms with Crippen LogP contribution in [0.2, 0.25) is 0 Å². The van der Waals surface area contributed by atoms with Crippen molar-refractivity contribution >= 4 is 23.8 Å². The Morgan fingerprint density at radius 1 is 1.21 bits per heavy atom. The van der Waals surface area contributed by atoms with Crippen molar-refractivity contribution < 1.29 is 31.8 Å². The van der Waals surface area contributed by atoms with Crippen LogP contribution < -0.4 is 20.6 Å². The Labute approximate surface area is 218 Å². The first-order valence-corrected chi connectivity index (χ1v) is 11.7. The minimum Gasteiger partial charge on any atom is -0.433 e. The van der Waals surface area contributed by atoms with Crippen molar-refractivity contribution in [2.45, 2.75) is 13.0 Å². The van der Waals surface area contributed by atoms with Gasteiger partial charge in [-0.05, 0) is 35.6 Å². The van der Waals surface area contributed by atoms with E-state index in [1.54, 1.807) is 18.2 Å². The Morgan fingerprint density at radius 2 is 2.00 bits per heavy atom. The number of halogens is 4. The number of benzene rings is 1. The number of hydrogen-bond donors (Lipinski definition) is 2. The van der Waals surface area contributed by atoms with E-state index >= 15 is 0 Å². The third kappa shape index (κ3) is 5.32. The summed E-state index contributed by atoms with van der Waals surface area (Å²) in [5, 5.41) is 8.63. The van der Waals surface area contributed by atoms with Crippen molar-refractivity contribution in [3.63, 3.8) is 0 Å². The number of ether oxygens (including phenoxy) is 2. The Hall–Kier alpha value is -4.71. The molecule has 8 nitrogen and oxygen atoms in total. The summed E-state index contributed by atoms with van der Waals surface area (Å²) >= 11 is 0. The predicted molar refractivity (Wildman–Crippen MR) is 135 cm³/mol. The fourth-order valence-electron chi connectivity index (χ4n) is 4.07. The van der Waals surface area contributed by atoms with Crippen LogP contribution in [0.5, 0.6) is 11.6 Å². The number of allylic oxidation sites excluding steroid dienone is 1. The van der Waals surface area contributed by atoms with Crippen LogP contribution in [0.1, 0.15) is 21.6 Å². The van der Waals surface area contributed by atoms with Gasteiger partial charge in [0, 0.05) is 23.5 Å². The monoisotopic (exact) mass is 539 g/mol. The van der Waals surface area contributed by atoms with Crippen LogP contribution in [0.25, 0.3) is 17.8 Å². The molecule has 0 spiro atoms. The first-order chi connectivity index (χ1) is 18.9. The minimum absolute atomic E-state index is 0.00912. The fourth-order valence-corrected chi connectivity index (χ4v) is 4.07. The van der Waals surface area contributed by atoms with Gasteiger partial charge in [0.25, 0.3) is 6.43 Å². The molecule has 0 radical (unpaired) electrons. The molecule has 12 heteroatoms. The first kappa shape index (κ1) is 25.9. The van der Waals surface area contributed by atoms with E-state index in [9.17, 15) is 22.4 Å². The molecule has 0 bridgehead atoms. The SMILES string of the molecule is C=C/C=c1/[nH]c(C(=O)c2cnn3c2NCc2cc(Oc4c(F)cccc4F)ncc2-3)c/c1=C/COCC(F)F. The van der Waals surface area contributed by atoms with E-state index < -0.39 is 30.4 Å². The third-order valence-corrected chi connectivity index (χ3v) is 5.83. The molecule has 0 fully saturated rings. The highest BCUT2D eigenvalue weighted by molar-refractivity contribution is 6.11. The van der Waals surface area contributed by atoms with Gasteiger partial charge < -0.3 is 19.8 Å². The normalized spacial score (nSPS) is 13.3. The van der Waals surface area contributed by atoms with Crippen molar-refractivity contribution in [1.82, 2.24) is 19.7 Å². The van der Waals surface area contributed by atoms with E-state index in [1.165, 1.54) is 35.3 Å². The van der Waals surface area contributed by atoms with Gasteiger partial charge in [-0.3, -0.25) is 4.79 Å². The Balaban J connectivity index is 1.41. The number of aromatic nitrogens is 4. The maximum absolute atomic E-state index is 14.0. The molecule has 5 rings (SSSR count). The lowest BCUT2D eigenvalue weighted by atomic mass is 10.1. The lowest BCUT2D eigenvalue weighted by molar-refractivity contribution is 0.0315. The van der Waals surface area contributed by atoms with Gasteiger partial charge in [-0.2, -0.15) is 5.10 Å². The van der Waals surface area contributed by atoms with E-state index in [0.717, 1.165) is 12.1 Å². The molecule has 39 heavy (non-hydrogen) atoms. The van der Waals surface area contributed by atoms with Gasteiger partial charge in [-0.1, -0.05) is 18.7 Å². The summed E-state index contributed by atoms with van der Waals surface area (Å²) in [5.41, 5.74) is 1.76. The number of fused-ring (bicyclic) bond motifs is 3. The highest BCUT2D eigenvalue weighted by atomic mass is 19.3. The summed E-state index contributed by atoms with van der Waals surface area (Å²) in [4.78, 5) is 20.6. The molecular weight excluding hydrogens is 518 g/mol. The van der Waals surface area contributed by atoms with Crippen LogP contribution in [0.3, 0.4) is 0 Å². The molecule has 0 saturated heterocycles. The van der Waals surface area contributed by atoms with Crippen molar-refractivity contribution in [3.05, 3.63) is 94.4 Å². The van der Waals surface area contributed by atoms with E-state index in [1.807, 2.05) is 0 Å². The van der Waals surface area contributed by atoms with Crippen molar-refractivity contribution in [3.8, 4) is 17.3 Å². The molecule has 4 heterocycles. The van der Waals surface area contributed by atoms with Crippen LogP contribution in [0.4, 0.5) is 23.4 Å². The highest BCUT2D eigenvalue weighted by Crippen LogP contribution is 2.32. The number of carbonyl (C=O) groups is 1. The third-order valence-electron chi connectivity index (χ3n) is 5.83. The van der Waals surface area contributed by atoms with Crippen LogP contribution >= 0.6 is 0 Å². The Bertz CT molecular complexity index is 1660. The average molecular weight is 539 g/mol. The molecule has 0 unspecified atom stereocenters. The van der Waals surface area contributed by atoms with Gasteiger partial charge in [0.15, 0.2) is 11.6 Å². The molecule has 0 aliphatic carbocycles. The van der Waals surface area contributed by atoms with Gasteiger partial charge in [0.05, 0.1) is 35.9 Å². The molecule has 1 aromatic carbocycles. The summed E-state index contributed by atoms with van der Waals surface area (Å²) in [7, 11) is 0. The molecule has 1 aliphatic rings. The number of para-hydroxylation sites is 1. The molecule has 200 valence electrons. The van der Waals surface area contributed by atoms with E-state index in [0.29, 0.717) is 27.6 Å². The number of anilines is 1. The topological polar surface area (TPSA) is 94.1 Å². The number of nitrogens with one attached hydrogen (secondary N) is 2. The molecule has 3 aromatic heterocycles. The van der Waals surface area contributed by atoms with E-state index in [4.69, 9.17) is 9.47 Å². The molecule has 2 N–H and O–H groups in total. The second-order valence-electron chi connectivity index (χ2n) is 8.39. The summed E-state index contributed by atoms with van der Waals surface area (Å²) in [5.74, 6) is -2.21. The van der Waals surface area contributed by atoms with Crippen LogP contribution in [-0.4, -0.2) is 45.2 Å². The minimum atomic E-state index is -2.57. The number of pyridine rings is 1. The zero-order valence-corrected chi connectivity index (χ0v) is 20.3. The number of alkyl halides is 2. The van der Waals surface area contributed by atoms with Crippen LogP contribution in [0.15, 0.2) is 55.4 Å². The highest BCUT2D eigenvalue weighted by Gasteiger charge is 2.26. The van der Waals surface area contributed by atoms with Gasteiger partial charge in [0.1, 0.15) is 12.4 Å². The average Bonchev–Trinajstić information content (AvgIpc) is 3.53. The lowest BCUT2D eigenvalue weighted by Gasteiger charge is -2.20. The summed E-state index contributed by atoms with van der Waals surface area (Å²) in [6, 6.07) is 6.52. The second kappa shape index (κ2) is 11.0. The van der Waals surface area contributed by atoms with E-state index in [2.05, 4.69) is 27.0 Å². The van der Waals surface area contributed by atoms with Crippen molar-refractivity contribution in [2.75, 3.05) is 18.5 Å².